The van der Waals surface area contributed by atoms with Gasteiger partial charge in [-0.1, -0.05) is 24.3 Å². The van der Waals surface area contributed by atoms with Crippen molar-refractivity contribution in [3.05, 3.63) is 66.1 Å². The molecular formula is C20H20N4O2. The minimum Gasteiger partial charge on any atom is -0.496 e. The van der Waals surface area contributed by atoms with E-state index in [1.807, 2.05) is 58.0 Å². The maximum absolute atomic E-state index is 12.8. The predicted octanol–water partition coefficient (Wildman–Crippen LogP) is 3.11. The second kappa shape index (κ2) is 7.00. The van der Waals surface area contributed by atoms with Crippen molar-refractivity contribution in [2.45, 2.75) is 18.9 Å². The lowest BCUT2D eigenvalue weighted by atomic mass is 10.1. The van der Waals surface area contributed by atoms with Crippen molar-refractivity contribution < 1.29 is 9.53 Å². The molecule has 1 atom stereocenters. The Morgan fingerprint density at radius 3 is 2.92 bits per heavy atom. The molecule has 0 radical (unpaired) electrons. The van der Waals surface area contributed by atoms with Crippen LogP contribution >= 0.6 is 0 Å². The van der Waals surface area contributed by atoms with Crippen LogP contribution in [-0.2, 0) is 4.79 Å². The highest BCUT2D eigenvalue weighted by atomic mass is 16.5. The van der Waals surface area contributed by atoms with Crippen LogP contribution in [0.2, 0.25) is 0 Å². The zero-order valence-corrected chi connectivity index (χ0v) is 14.6. The van der Waals surface area contributed by atoms with Crippen molar-refractivity contribution in [1.29, 1.82) is 0 Å². The van der Waals surface area contributed by atoms with Gasteiger partial charge in [0, 0.05) is 24.4 Å². The van der Waals surface area contributed by atoms with Crippen LogP contribution in [0.15, 0.2) is 54.7 Å². The lowest BCUT2D eigenvalue weighted by molar-refractivity contribution is -0.127. The number of benzene rings is 1. The number of para-hydroxylation sites is 1. The van der Waals surface area contributed by atoms with Gasteiger partial charge in [0.2, 0.25) is 5.91 Å². The van der Waals surface area contributed by atoms with Crippen LogP contribution < -0.4 is 4.74 Å². The molecule has 6 heteroatoms. The number of amides is 1. The van der Waals surface area contributed by atoms with Crippen molar-refractivity contribution in [3.8, 4) is 5.75 Å². The van der Waals surface area contributed by atoms with Gasteiger partial charge in [0.15, 0.2) is 11.5 Å². The molecule has 0 N–H and O–H groups in total. The van der Waals surface area contributed by atoms with Gasteiger partial charge in [0.1, 0.15) is 5.75 Å². The lowest BCUT2D eigenvalue weighted by Gasteiger charge is -2.22. The number of pyridine rings is 1. The third-order valence-electron chi connectivity index (χ3n) is 4.72. The van der Waals surface area contributed by atoms with E-state index in [0.717, 1.165) is 42.2 Å². The topological polar surface area (TPSA) is 59.7 Å². The molecule has 1 aliphatic heterocycles. The van der Waals surface area contributed by atoms with Crippen molar-refractivity contribution in [3.63, 3.8) is 0 Å². The van der Waals surface area contributed by atoms with Gasteiger partial charge in [-0.05, 0) is 37.1 Å². The van der Waals surface area contributed by atoms with Crippen LogP contribution in [0, 0.1) is 0 Å². The number of hydrogen-bond acceptors (Lipinski definition) is 4. The third-order valence-corrected chi connectivity index (χ3v) is 4.72. The number of nitrogens with zero attached hydrogens (tertiary/aromatic N) is 4. The van der Waals surface area contributed by atoms with Crippen LogP contribution in [0.25, 0.3) is 11.7 Å². The molecule has 0 saturated carbocycles. The largest absolute Gasteiger partial charge is 0.496 e. The minimum atomic E-state index is -0.0535. The highest BCUT2D eigenvalue weighted by Crippen LogP contribution is 2.31. The Morgan fingerprint density at radius 1 is 1.19 bits per heavy atom. The SMILES string of the molecule is COc1ccccc1/C=C/C(=O)N1CCC[C@H]1c1nnc2ccccn12. The monoisotopic (exact) mass is 348 g/mol. The summed E-state index contributed by atoms with van der Waals surface area (Å²) >= 11 is 0. The highest BCUT2D eigenvalue weighted by Gasteiger charge is 2.32. The molecule has 26 heavy (non-hydrogen) atoms. The lowest BCUT2D eigenvalue weighted by Crippen LogP contribution is -2.30. The van der Waals surface area contributed by atoms with E-state index >= 15 is 0 Å². The number of likely N-dealkylation sites (tertiary alicyclic amines) is 1. The smallest absolute Gasteiger partial charge is 0.247 e. The first-order valence-electron chi connectivity index (χ1n) is 8.69. The number of rotatable bonds is 4. The Morgan fingerprint density at radius 2 is 2.04 bits per heavy atom. The van der Waals surface area contributed by atoms with Crippen LogP contribution in [0.4, 0.5) is 0 Å². The summed E-state index contributed by atoms with van der Waals surface area (Å²) in [6.45, 7) is 0.724. The molecule has 0 bridgehead atoms. The van der Waals surface area contributed by atoms with Crippen molar-refractivity contribution in [1.82, 2.24) is 19.5 Å². The molecular weight excluding hydrogens is 328 g/mol. The molecule has 1 aliphatic rings. The first kappa shape index (κ1) is 16.3. The van der Waals surface area contributed by atoms with E-state index in [2.05, 4.69) is 10.2 Å². The Bertz CT molecular complexity index is 963. The number of aromatic nitrogens is 3. The first-order chi connectivity index (χ1) is 12.8. The fourth-order valence-corrected chi connectivity index (χ4v) is 3.45. The second-order valence-corrected chi connectivity index (χ2v) is 6.25. The standard InChI is InChI=1S/C20H20N4O2/c1-26-17-9-3-2-7-15(17)11-12-19(25)23-14-6-8-16(23)20-22-21-18-10-4-5-13-24(18)20/h2-5,7,9-13,16H,6,8,14H2,1H3/b12-11+/t16-/m0/s1. The van der Waals surface area contributed by atoms with Crippen LogP contribution in [0.3, 0.4) is 0 Å². The Labute approximate surface area is 151 Å². The molecule has 3 heterocycles. The van der Waals surface area contributed by atoms with Crippen LogP contribution in [0.1, 0.15) is 30.3 Å². The van der Waals surface area contributed by atoms with E-state index in [-0.39, 0.29) is 11.9 Å². The summed E-state index contributed by atoms with van der Waals surface area (Å²) in [4.78, 5) is 14.7. The van der Waals surface area contributed by atoms with Gasteiger partial charge >= 0.3 is 0 Å². The molecule has 0 unspecified atom stereocenters. The number of carbonyl (C=O) groups is 1. The first-order valence-corrected chi connectivity index (χ1v) is 8.69. The summed E-state index contributed by atoms with van der Waals surface area (Å²) in [5.74, 6) is 1.54. The van der Waals surface area contributed by atoms with Crippen LogP contribution in [0.5, 0.6) is 5.75 Å². The summed E-state index contributed by atoms with van der Waals surface area (Å²) in [5.41, 5.74) is 1.68. The Kier molecular flexibility index (Phi) is 4.39. The van der Waals surface area contributed by atoms with Crippen molar-refractivity contribution >= 4 is 17.6 Å². The average molecular weight is 348 g/mol. The Hall–Kier alpha value is -3.15. The van der Waals surface area contributed by atoms with Gasteiger partial charge in [-0.15, -0.1) is 10.2 Å². The van der Waals surface area contributed by atoms with E-state index in [0.29, 0.717) is 0 Å². The molecule has 0 aliphatic carbocycles. The molecule has 1 fully saturated rings. The van der Waals surface area contributed by atoms with Gasteiger partial charge in [-0.25, -0.2) is 0 Å². The summed E-state index contributed by atoms with van der Waals surface area (Å²) in [6, 6.07) is 13.4. The van der Waals surface area contributed by atoms with E-state index in [4.69, 9.17) is 4.74 Å². The molecule has 2 aromatic heterocycles. The van der Waals surface area contributed by atoms with Gasteiger partial charge < -0.3 is 9.64 Å². The molecule has 6 nitrogen and oxygen atoms in total. The quantitative estimate of drug-likeness (QED) is 0.680. The number of ether oxygens (including phenoxy) is 1. The van der Waals surface area contributed by atoms with E-state index in [9.17, 15) is 4.79 Å². The number of methoxy groups -OCH3 is 1. The van der Waals surface area contributed by atoms with E-state index < -0.39 is 0 Å². The van der Waals surface area contributed by atoms with Crippen molar-refractivity contribution in [2.24, 2.45) is 0 Å². The van der Waals surface area contributed by atoms with Gasteiger partial charge in [-0.2, -0.15) is 0 Å². The van der Waals surface area contributed by atoms with Gasteiger partial charge in [-0.3, -0.25) is 9.20 Å². The minimum absolute atomic E-state index is 0.0221. The normalized spacial score (nSPS) is 17.3. The highest BCUT2D eigenvalue weighted by molar-refractivity contribution is 5.92. The number of fused-ring (bicyclic) bond motifs is 1. The fraction of sp³-hybridized carbons (Fsp3) is 0.250. The Balaban J connectivity index is 1.58. The second-order valence-electron chi connectivity index (χ2n) is 6.25. The summed E-state index contributed by atoms with van der Waals surface area (Å²) in [7, 11) is 1.63. The maximum Gasteiger partial charge on any atom is 0.247 e. The maximum atomic E-state index is 12.8. The summed E-state index contributed by atoms with van der Waals surface area (Å²) in [6.07, 6.45) is 7.21. The molecule has 132 valence electrons. The number of carbonyl (C=O) groups excluding carboxylic acids is 1. The van der Waals surface area contributed by atoms with E-state index in [1.54, 1.807) is 19.3 Å². The van der Waals surface area contributed by atoms with Crippen molar-refractivity contribution in [2.75, 3.05) is 13.7 Å². The van der Waals surface area contributed by atoms with Crippen LogP contribution in [-0.4, -0.2) is 39.1 Å². The molecule has 0 spiro atoms. The fourth-order valence-electron chi connectivity index (χ4n) is 3.45. The summed E-state index contributed by atoms with van der Waals surface area (Å²) in [5, 5.41) is 8.54. The zero-order valence-electron chi connectivity index (χ0n) is 14.6. The number of hydrogen-bond donors (Lipinski definition) is 0. The zero-order chi connectivity index (χ0) is 17.9. The predicted molar refractivity (Wildman–Crippen MR) is 98.7 cm³/mol. The van der Waals surface area contributed by atoms with Gasteiger partial charge in [0.25, 0.3) is 0 Å². The van der Waals surface area contributed by atoms with Gasteiger partial charge in [0.05, 0.1) is 13.2 Å². The molecule has 4 rings (SSSR count). The third kappa shape index (κ3) is 2.94. The molecule has 3 aromatic rings. The molecule has 1 aromatic carbocycles. The molecule has 1 amide bonds. The molecule has 1 saturated heterocycles. The summed E-state index contributed by atoms with van der Waals surface area (Å²) < 4.78 is 7.29. The van der Waals surface area contributed by atoms with E-state index in [1.165, 1.54) is 0 Å². The average Bonchev–Trinajstić information content (AvgIpc) is 3.32.